The Morgan fingerprint density at radius 3 is 2.02 bits per heavy atom. The zero-order chi connectivity index (χ0) is 32.5. The molecule has 6 nitrogen and oxygen atoms in total. The van der Waals surface area contributed by atoms with Crippen LogP contribution < -0.4 is 16.0 Å². The Hall–Kier alpha value is -4.82. The summed E-state index contributed by atoms with van der Waals surface area (Å²) in [6.07, 6.45) is 1.63. The number of anilines is 2. The minimum Gasteiger partial charge on any atom is -0.325 e. The van der Waals surface area contributed by atoms with Crippen molar-refractivity contribution < 1.29 is 14.4 Å². The average Bonchev–Trinajstić information content (AvgIpc) is 3.04. The number of hydrogen-bond donors (Lipinski definition) is 3. The summed E-state index contributed by atoms with van der Waals surface area (Å²) in [5.41, 5.74) is 4.10. The molecule has 0 aromatic heterocycles. The quantitative estimate of drug-likeness (QED) is 0.103. The molecule has 1 atom stereocenters. The molecule has 0 spiro atoms. The zero-order valence-corrected chi connectivity index (χ0v) is 27.0. The molecule has 3 N–H and O–H groups in total. The van der Waals surface area contributed by atoms with E-state index in [-0.39, 0.29) is 11.6 Å². The normalized spacial score (nSPS) is 11.8. The second-order valence-corrected chi connectivity index (χ2v) is 12.4. The Morgan fingerprint density at radius 2 is 1.35 bits per heavy atom. The lowest BCUT2D eigenvalue weighted by Crippen LogP contribution is -2.30. The molecule has 5 rings (SSSR count). The van der Waals surface area contributed by atoms with E-state index in [0.29, 0.717) is 27.0 Å². The van der Waals surface area contributed by atoms with Crippen molar-refractivity contribution in [1.29, 1.82) is 0 Å². The molecule has 0 fully saturated rings. The fraction of sp³-hybridized carbons (Fsp3) is 0.0541. The van der Waals surface area contributed by atoms with Gasteiger partial charge in [-0.1, -0.05) is 108 Å². The van der Waals surface area contributed by atoms with Gasteiger partial charge in [-0.05, 0) is 72.7 Å². The van der Waals surface area contributed by atoms with E-state index in [1.807, 2.05) is 73.7 Å². The molecule has 0 heterocycles. The minimum absolute atomic E-state index is 0.0810. The smallest absolute Gasteiger partial charge is 0.272 e. The minimum atomic E-state index is -0.632. The predicted molar refractivity (Wildman–Crippen MR) is 188 cm³/mol. The molecule has 0 aliphatic rings. The first-order valence-electron chi connectivity index (χ1n) is 14.3. The summed E-state index contributed by atoms with van der Waals surface area (Å²) in [7, 11) is 0. The van der Waals surface area contributed by atoms with E-state index >= 15 is 0 Å². The summed E-state index contributed by atoms with van der Waals surface area (Å²) in [6.45, 7) is 1.97. The second-order valence-electron chi connectivity index (χ2n) is 10.3. The van der Waals surface area contributed by atoms with E-state index in [1.54, 1.807) is 66.7 Å². The Morgan fingerprint density at radius 1 is 0.696 bits per heavy atom. The molecule has 46 heavy (non-hydrogen) atoms. The Labute approximate surface area is 281 Å². The fourth-order valence-corrected chi connectivity index (χ4v) is 6.10. The standard InChI is InChI=1S/C37H29Cl2N3O3S/c1-24-15-17-25(18-16-24)19-33(42-35(43)27-11-6-3-7-12-27)36(44)40-30-13-8-14-32(23-30)46-34(26-9-4-2-5-10-26)37(45)41-31-21-28(38)20-29(39)22-31/h2-23,34H,1H3,(H,40,44)(H,41,45)(H,42,43)/b33-19-. The number of carbonyl (C=O) groups excluding carboxylic acids is 3. The predicted octanol–water partition coefficient (Wildman–Crippen LogP) is 9.18. The van der Waals surface area contributed by atoms with Gasteiger partial charge in [-0.25, -0.2) is 0 Å². The van der Waals surface area contributed by atoms with Crippen molar-refractivity contribution in [3.63, 3.8) is 0 Å². The SMILES string of the molecule is Cc1ccc(/C=C(\NC(=O)c2ccccc2)C(=O)Nc2cccc(SC(C(=O)Nc3cc(Cl)cc(Cl)c3)c3ccccc3)c2)cc1. The van der Waals surface area contributed by atoms with Crippen LogP contribution in [0.2, 0.25) is 10.0 Å². The first kappa shape index (κ1) is 32.6. The number of amides is 3. The summed E-state index contributed by atoms with van der Waals surface area (Å²) in [5, 5.41) is 8.76. The molecule has 0 saturated heterocycles. The van der Waals surface area contributed by atoms with E-state index in [0.717, 1.165) is 21.6 Å². The van der Waals surface area contributed by atoms with Crippen molar-refractivity contribution >= 4 is 70.1 Å². The van der Waals surface area contributed by atoms with Gasteiger partial charge < -0.3 is 16.0 Å². The van der Waals surface area contributed by atoms with Gasteiger partial charge in [-0.3, -0.25) is 14.4 Å². The topological polar surface area (TPSA) is 87.3 Å². The van der Waals surface area contributed by atoms with Crippen LogP contribution in [0.25, 0.3) is 6.08 Å². The fourth-order valence-electron chi connectivity index (χ4n) is 4.49. The van der Waals surface area contributed by atoms with Crippen molar-refractivity contribution in [1.82, 2.24) is 5.32 Å². The first-order chi connectivity index (χ1) is 22.2. The number of rotatable bonds is 10. The summed E-state index contributed by atoms with van der Waals surface area (Å²) in [6, 6.07) is 37.7. The molecule has 0 radical (unpaired) electrons. The highest BCUT2D eigenvalue weighted by Gasteiger charge is 2.23. The summed E-state index contributed by atoms with van der Waals surface area (Å²) >= 11 is 13.6. The van der Waals surface area contributed by atoms with E-state index < -0.39 is 17.1 Å². The van der Waals surface area contributed by atoms with Gasteiger partial charge >= 0.3 is 0 Å². The van der Waals surface area contributed by atoms with Crippen molar-refractivity contribution in [2.75, 3.05) is 10.6 Å². The van der Waals surface area contributed by atoms with Crippen LogP contribution in [-0.2, 0) is 9.59 Å². The Bertz CT molecular complexity index is 1860. The van der Waals surface area contributed by atoms with E-state index in [4.69, 9.17) is 23.2 Å². The van der Waals surface area contributed by atoms with Gasteiger partial charge in [0.1, 0.15) is 10.9 Å². The number of benzene rings is 5. The van der Waals surface area contributed by atoms with Crippen LogP contribution in [0, 0.1) is 6.92 Å². The molecule has 9 heteroatoms. The van der Waals surface area contributed by atoms with Gasteiger partial charge in [-0.2, -0.15) is 0 Å². The Balaban J connectivity index is 1.37. The largest absolute Gasteiger partial charge is 0.325 e. The van der Waals surface area contributed by atoms with Gasteiger partial charge in [-0.15, -0.1) is 11.8 Å². The molecule has 5 aromatic rings. The third kappa shape index (κ3) is 9.11. The number of aryl methyl sites for hydroxylation is 1. The zero-order valence-electron chi connectivity index (χ0n) is 24.7. The number of thioether (sulfide) groups is 1. The van der Waals surface area contributed by atoms with E-state index in [2.05, 4.69) is 16.0 Å². The number of nitrogens with one attached hydrogen (secondary N) is 3. The van der Waals surface area contributed by atoms with E-state index in [9.17, 15) is 14.4 Å². The molecule has 3 amide bonds. The van der Waals surface area contributed by atoms with Crippen LogP contribution in [0.5, 0.6) is 0 Å². The highest BCUT2D eigenvalue weighted by atomic mass is 35.5. The van der Waals surface area contributed by atoms with Crippen molar-refractivity contribution in [2.24, 2.45) is 0 Å². The molecule has 0 bridgehead atoms. The third-order valence-electron chi connectivity index (χ3n) is 6.73. The summed E-state index contributed by atoms with van der Waals surface area (Å²) < 4.78 is 0. The average molecular weight is 667 g/mol. The van der Waals surface area contributed by atoms with Crippen LogP contribution >= 0.6 is 35.0 Å². The van der Waals surface area contributed by atoms with Crippen LogP contribution in [-0.4, -0.2) is 17.7 Å². The number of hydrogen-bond acceptors (Lipinski definition) is 4. The summed E-state index contributed by atoms with van der Waals surface area (Å²) in [4.78, 5) is 40.9. The third-order valence-corrected chi connectivity index (χ3v) is 8.42. The van der Waals surface area contributed by atoms with Crippen molar-refractivity contribution in [2.45, 2.75) is 17.1 Å². The molecule has 0 aliphatic carbocycles. The van der Waals surface area contributed by atoms with Crippen molar-refractivity contribution in [3.05, 3.63) is 165 Å². The highest BCUT2D eigenvalue weighted by Crippen LogP contribution is 2.37. The maximum absolute atomic E-state index is 13.6. The molecular formula is C37H29Cl2N3O3S. The molecule has 0 aliphatic heterocycles. The molecule has 1 unspecified atom stereocenters. The lowest BCUT2D eigenvalue weighted by Gasteiger charge is -2.18. The van der Waals surface area contributed by atoms with Crippen LogP contribution in [0.15, 0.2) is 138 Å². The lowest BCUT2D eigenvalue weighted by molar-refractivity contribution is -0.116. The maximum atomic E-state index is 13.6. The first-order valence-corrected chi connectivity index (χ1v) is 15.9. The van der Waals surface area contributed by atoms with Gasteiger partial charge in [0, 0.05) is 31.9 Å². The molecule has 230 valence electrons. The molecule has 0 saturated carbocycles. The Kier molecular flexibility index (Phi) is 10.9. The lowest BCUT2D eigenvalue weighted by atomic mass is 10.1. The molecule has 5 aromatic carbocycles. The highest BCUT2D eigenvalue weighted by molar-refractivity contribution is 8.00. The maximum Gasteiger partial charge on any atom is 0.272 e. The van der Waals surface area contributed by atoms with Gasteiger partial charge in [0.25, 0.3) is 11.8 Å². The monoisotopic (exact) mass is 665 g/mol. The van der Waals surface area contributed by atoms with Crippen LogP contribution in [0.4, 0.5) is 11.4 Å². The van der Waals surface area contributed by atoms with Gasteiger partial charge in [0.15, 0.2) is 0 Å². The van der Waals surface area contributed by atoms with Crippen molar-refractivity contribution in [3.8, 4) is 0 Å². The van der Waals surface area contributed by atoms with Crippen LogP contribution in [0.1, 0.15) is 32.3 Å². The second kappa shape index (κ2) is 15.5. The summed E-state index contributed by atoms with van der Waals surface area (Å²) in [5.74, 6) is -1.17. The number of carbonyl (C=O) groups is 3. The number of halogens is 2. The van der Waals surface area contributed by atoms with Gasteiger partial charge in [0.2, 0.25) is 5.91 Å². The molecular weight excluding hydrogens is 637 g/mol. The van der Waals surface area contributed by atoms with E-state index in [1.165, 1.54) is 11.8 Å². The van der Waals surface area contributed by atoms with Crippen LogP contribution in [0.3, 0.4) is 0 Å². The van der Waals surface area contributed by atoms with Gasteiger partial charge in [0.05, 0.1) is 0 Å².